The van der Waals surface area contributed by atoms with Crippen molar-refractivity contribution in [1.82, 2.24) is 4.90 Å². The molecule has 4 heteroatoms. The molecule has 28 heavy (non-hydrogen) atoms. The number of carbonyl (C=O) groups is 2. The second-order valence-electron chi connectivity index (χ2n) is 8.00. The summed E-state index contributed by atoms with van der Waals surface area (Å²) in [6.07, 6.45) is 4.32. The largest absolute Gasteiger partial charge is 0.469 e. The van der Waals surface area contributed by atoms with E-state index in [-0.39, 0.29) is 29.9 Å². The summed E-state index contributed by atoms with van der Waals surface area (Å²) in [7, 11) is 1.44. The van der Waals surface area contributed by atoms with Gasteiger partial charge in [0, 0.05) is 18.5 Å². The fourth-order valence-corrected chi connectivity index (χ4v) is 5.05. The standard InChI is InChI=1S/C24H27NO3/c1-28-22(26)16-17-14-20-12-13-21(15-17)25(20)24(27)23(18-8-4-2-5-9-18)19-10-6-3-7-11-19/h2-11,17,20-21,23H,12-16H2,1H3. The summed E-state index contributed by atoms with van der Waals surface area (Å²) in [6, 6.07) is 20.6. The number of piperidine rings is 1. The molecule has 2 atom stereocenters. The third kappa shape index (κ3) is 3.68. The van der Waals surface area contributed by atoms with Crippen molar-refractivity contribution < 1.29 is 14.3 Å². The Morgan fingerprint density at radius 2 is 1.43 bits per heavy atom. The van der Waals surface area contributed by atoms with E-state index in [0.29, 0.717) is 12.3 Å². The number of hydrogen-bond acceptors (Lipinski definition) is 3. The highest BCUT2D eigenvalue weighted by Gasteiger charge is 2.45. The zero-order valence-electron chi connectivity index (χ0n) is 16.3. The molecule has 0 spiro atoms. The Hall–Kier alpha value is -2.62. The summed E-state index contributed by atoms with van der Waals surface area (Å²) in [5.74, 6) is 0.0978. The Morgan fingerprint density at radius 1 is 0.929 bits per heavy atom. The normalized spacial score (nSPS) is 23.6. The van der Waals surface area contributed by atoms with Gasteiger partial charge >= 0.3 is 5.97 Å². The topological polar surface area (TPSA) is 46.6 Å². The van der Waals surface area contributed by atoms with E-state index >= 15 is 0 Å². The number of benzene rings is 2. The molecule has 0 aromatic heterocycles. The van der Waals surface area contributed by atoms with Gasteiger partial charge in [-0.15, -0.1) is 0 Å². The Balaban J connectivity index is 1.59. The predicted molar refractivity (Wildman–Crippen MR) is 108 cm³/mol. The van der Waals surface area contributed by atoms with Crippen molar-refractivity contribution in [3.05, 3.63) is 71.8 Å². The predicted octanol–water partition coefficient (Wildman–Crippen LogP) is 4.15. The molecule has 2 aromatic carbocycles. The van der Waals surface area contributed by atoms with E-state index in [9.17, 15) is 9.59 Å². The summed E-state index contributed by atoms with van der Waals surface area (Å²) in [5, 5.41) is 0. The first-order valence-electron chi connectivity index (χ1n) is 10.2. The highest BCUT2D eigenvalue weighted by molar-refractivity contribution is 5.88. The van der Waals surface area contributed by atoms with E-state index in [2.05, 4.69) is 4.90 Å². The minimum Gasteiger partial charge on any atom is -0.469 e. The van der Waals surface area contributed by atoms with Gasteiger partial charge in [-0.3, -0.25) is 9.59 Å². The number of nitrogens with zero attached hydrogens (tertiary/aromatic N) is 1. The van der Waals surface area contributed by atoms with Crippen LogP contribution < -0.4 is 0 Å². The fourth-order valence-electron chi connectivity index (χ4n) is 5.05. The van der Waals surface area contributed by atoms with E-state index in [1.165, 1.54) is 7.11 Å². The van der Waals surface area contributed by atoms with Gasteiger partial charge in [-0.25, -0.2) is 0 Å². The maximum Gasteiger partial charge on any atom is 0.305 e. The molecule has 1 amide bonds. The third-order valence-corrected chi connectivity index (χ3v) is 6.28. The molecule has 4 nitrogen and oxygen atoms in total. The maximum atomic E-state index is 13.8. The van der Waals surface area contributed by atoms with Gasteiger partial charge in [0.05, 0.1) is 13.0 Å². The molecule has 2 aliphatic rings. The Bertz CT molecular complexity index is 767. The Morgan fingerprint density at radius 3 is 1.89 bits per heavy atom. The zero-order chi connectivity index (χ0) is 19.5. The molecule has 2 fully saturated rings. The van der Waals surface area contributed by atoms with Crippen LogP contribution in [0.2, 0.25) is 0 Å². The Labute approximate surface area is 166 Å². The van der Waals surface area contributed by atoms with E-state index in [4.69, 9.17) is 4.74 Å². The molecule has 2 saturated heterocycles. The van der Waals surface area contributed by atoms with Crippen LogP contribution in [0.4, 0.5) is 0 Å². The van der Waals surface area contributed by atoms with Crippen molar-refractivity contribution in [3.63, 3.8) is 0 Å². The number of carbonyl (C=O) groups excluding carboxylic acids is 2. The van der Waals surface area contributed by atoms with Crippen molar-refractivity contribution in [2.24, 2.45) is 5.92 Å². The summed E-state index contributed by atoms with van der Waals surface area (Å²) < 4.78 is 4.85. The number of methoxy groups -OCH3 is 1. The van der Waals surface area contributed by atoms with Crippen LogP contribution in [0.25, 0.3) is 0 Å². The van der Waals surface area contributed by atoms with E-state index in [0.717, 1.165) is 36.8 Å². The summed E-state index contributed by atoms with van der Waals surface area (Å²) in [5.41, 5.74) is 2.07. The molecule has 2 aliphatic heterocycles. The molecule has 2 heterocycles. The van der Waals surface area contributed by atoms with Crippen LogP contribution in [0.5, 0.6) is 0 Å². The molecule has 0 aliphatic carbocycles. The first-order chi connectivity index (χ1) is 13.7. The van der Waals surface area contributed by atoms with Crippen molar-refractivity contribution in [3.8, 4) is 0 Å². The number of amides is 1. The second kappa shape index (κ2) is 8.17. The van der Waals surface area contributed by atoms with Crippen molar-refractivity contribution in [2.45, 2.75) is 50.1 Å². The smallest absolute Gasteiger partial charge is 0.305 e. The van der Waals surface area contributed by atoms with E-state index < -0.39 is 0 Å². The van der Waals surface area contributed by atoms with Gasteiger partial charge in [0.2, 0.25) is 5.91 Å². The second-order valence-corrected chi connectivity index (χ2v) is 8.00. The molecule has 2 aromatic rings. The highest BCUT2D eigenvalue weighted by atomic mass is 16.5. The number of fused-ring (bicyclic) bond motifs is 2. The lowest BCUT2D eigenvalue weighted by Crippen LogP contribution is -2.48. The molecule has 0 radical (unpaired) electrons. The lowest BCUT2D eigenvalue weighted by molar-refractivity contribution is -0.143. The van der Waals surface area contributed by atoms with Crippen molar-refractivity contribution >= 4 is 11.9 Å². The highest BCUT2D eigenvalue weighted by Crippen LogP contribution is 2.42. The van der Waals surface area contributed by atoms with Crippen LogP contribution in [0.1, 0.15) is 49.1 Å². The molecule has 2 unspecified atom stereocenters. The number of esters is 1. The van der Waals surface area contributed by atoms with Gasteiger partial charge in [0.1, 0.15) is 0 Å². The van der Waals surface area contributed by atoms with Gasteiger partial charge in [-0.05, 0) is 42.7 Å². The lowest BCUT2D eigenvalue weighted by Gasteiger charge is -2.40. The monoisotopic (exact) mass is 377 g/mol. The summed E-state index contributed by atoms with van der Waals surface area (Å²) in [6.45, 7) is 0. The Kier molecular flexibility index (Phi) is 5.47. The number of rotatable bonds is 5. The lowest BCUT2D eigenvalue weighted by atomic mass is 9.85. The van der Waals surface area contributed by atoms with Crippen LogP contribution in [0.3, 0.4) is 0 Å². The number of hydrogen-bond donors (Lipinski definition) is 0. The number of ether oxygens (including phenoxy) is 1. The third-order valence-electron chi connectivity index (χ3n) is 6.28. The molecule has 0 N–H and O–H groups in total. The zero-order valence-corrected chi connectivity index (χ0v) is 16.3. The quantitative estimate of drug-likeness (QED) is 0.736. The van der Waals surface area contributed by atoms with E-state index in [1.54, 1.807) is 0 Å². The van der Waals surface area contributed by atoms with Crippen molar-refractivity contribution in [2.75, 3.05) is 7.11 Å². The first-order valence-corrected chi connectivity index (χ1v) is 10.2. The average Bonchev–Trinajstić information content (AvgIpc) is 3.00. The fraction of sp³-hybridized carbons (Fsp3) is 0.417. The minimum atomic E-state index is -0.275. The average molecular weight is 377 g/mol. The van der Waals surface area contributed by atoms with Gasteiger partial charge < -0.3 is 9.64 Å². The molecular formula is C24H27NO3. The first kappa shape index (κ1) is 18.7. The van der Waals surface area contributed by atoms with Crippen LogP contribution in [-0.2, 0) is 14.3 Å². The molecule has 2 bridgehead atoms. The van der Waals surface area contributed by atoms with E-state index in [1.807, 2.05) is 60.7 Å². The van der Waals surface area contributed by atoms with Crippen LogP contribution in [0.15, 0.2) is 60.7 Å². The summed E-state index contributed by atoms with van der Waals surface area (Å²) in [4.78, 5) is 27.6. The maximum absolute atomic E-state index is 13.8. The molecule has 4 rings (SSSR count). The van der Waals surface area contributed by atoms with Gasteiger partial charge in [0.25, 0.3) is 0 Å². The van der Waals surface area contributed by atoms with Crippen LogP contribution in [0, 0.1) is 5.92 Å². The van der Waals surface area contributed by atoms with Crippen molar-refractivity contribution in [1.29, 1.82) is 0 Å². The minimum absolute atomic E-state index is 0.143. The van der Waals surface area contributed by atoms with Crippen LogP contribution in [-0.4, -0.2) is 36.0 Å². The van der Waals surface area contributed by atoms with Gasteiger partial charge in [0.15, 0.2) is 0 Å². The molecule has 146 valence electrons. The van der Waals surface area contributed by atoms with Crippen LogP contribution >= 0.6 is 0 Å². The summed E-state index contributed by atoms with van der Waals surface area (Å²) >= 11 is 0. The van der Waals surface area contributed by atoms with Gasteiger partial charge in [-0.1, -0.05) is 60.7 Å². The molecule has 0 saturated carbocycles. The SMILES string of the molecule is COC(=O)CC1CC2CCC(C1)N2C(=O)C(c1ccccc1)c1ccccc1. The van der Waals surface area contributed by atoms with Gasteiger partial charge in [-0.2, -0.15) is 0 Å². The molecular weight excluding hydrogens is 350 g/mol.